The Morgan fingerprint density at radius 2 is 1.18 bits per heavy atom. The Bertz CT molecular complexity index is 3830. The average molecular weight is 928 g/mol. The molecule has 3 aliphatic carbocycles. The van der Waals surface area contributed by atoms with Gasteiger partial charge in [-0.2, -0.15) is 0 Å². The standard InChI is InChI=1S/C66H66BN3O/c1-61(2,3)38-23-25-39(26-24-38)70-51-34-47-45(63(6,7)28-30-65(47,10)11)32-42(51)56-57-54(40-21-17-18-22-43(40)66(57,12)13)55-41-31-44-46(64(8,9)29-27-62(44,4)5)33-50(41)69-52-36-53-49(35-48(52)67(70)58(56)59(55)69)68-60(71-53)37-19-15-14-16-20-37/h14-26,31-36H,27-30H2,1-13H3. The predicted molar refractivity (Wildman–Crippen MR) is 300 cm³/mol. The third-order valence-corrected chi connectivity index (χ3v) is 18.8. The number of nitrogens with zero attached hydrogens (tertiary/aromatic N) is 3. The second kappa shape index (κ2) is 13.6. The molecule has 4 heterocycles. The summed E-state index contributed by atoms with van der Waals surface area (Å²) in [6.45, 7) is 31.7. The molecule has 5 aliphatic rings. The Labute approximate surface area is 420 Å². The molecule has 0 radical (unpaired) electrons. The number of hydrogen-bond acceptors (Lipinski definition) is 3. The molecule has 7 aromatic carbocycles. The number of anilines is 2. The first-order chi connectivity index (χ1) is 33.6. The van der Waals surface area contributed by atoms with Crippen molar-refractivity contribution in [2.45, 2.75) is 148 Å². The molecule has 0 saturated carbocycles. The van der Waals surface area contributed by atoms with Gasteiger partial charge in [-0.3, -0.25) is 0 Å². The Morgan fingerprint density at radius 1 is 0.577 bits per heavy atom. The van der Waals surface area contributed by atoms with Gasteiger partial charge in [-0.25, -0.2) is 4.98 Å². The van der Waals surface area contributed by atoms with Crippen molar-refractivity contribution in [3.05, 3.63) is 154 Å². The minimum Gasteiger partial charge on any atom is -0.436 e. The number of hydrogen-bond donors (Lipinski definition) is 0. The molecular weight excluding hydrogens is 862 g/mol. The number of rotatable bonds is 2. The molecule has 2 aliphatic heterocycles. The monoisotopic (exact) mass is 928 g/mol. The molecule has 0 bridgehead atoms. The summed E-state index contributed by atoms with van der Waals surface area (Å²) in [7, 11) is 0. The zero-order valence-electron chi connectivity index (χ0n) is 44.1. The van der Waals surface area contributed by atoms with Gasteiger partial charge in [-0.05, 0) is 174 Å². The molecular formula is C66H66BN3O. The van der Waals surface area contributed by atoms with E-state index in [1.165, 1.54) is 111 Å². The van der Waals surface area contributed by atoms with E-state index < -0.39 is 0 Å². The van der Waals surface area contributed by atoms with Crippen LogP contribution in [-0.4, -0.2) is 16.4 Å². The summed E-state index contributed by atoms with van der Waals surface area (Å²) in [5.74, 6) is 0.652. The van der Waals surface area contributed by atoms with Crippen molar-refractivity contribution < 1.29 is 4.42 Å². The summed E-state index contributed by atoms with van der Waals surface area (Å²) in [5, 5.41) is 2.74. The highest BCUT2D eigenvalue weighted by molar-refractivity contribution is 6.94. The maximum Gasteiger partial charge on any atom is 0.333 e. The van der Waals surface area contributed by atoms with Gasteiger partial charge in [0.2, 0.25) is 5.89 Å². The summed E-state index contributed by atoms with van der Waals surface area (Å²) in [5.41, 5.74) is 27.2. The second-order valence-electron chi connectivity index (χ2n) is 26.5. The van der Waals surface area contributed by atoms with Crippen LogP contribution >= 0.6 is 0 Å². The molecule has 0 amide bonds. The Morgan fingerprint density at radius 3 is 1.85 bits per heavy atom. The minimum atomic E-state index is -0.278. The molecule has 71 heavy (non-hydrogen) atoms. The van der Waals surface area contributed by atoms with E-state index in [-0.39, 0.29) is 39.3 Å². The predicted octanol–water partition coefficient (Wildman–Crippen LogP) is 16.1. The van der Waals surface area contributed by atoms with Crippen LogP contribution in [0.5, 0.6) is 0 Å². The van der Waals surface area contributed by atoms with Crippen molar-refractivity contribution in [2.24, 2.45) is 0 Å². The normalized spacial score (nSPS) is 19.1. The topological polar surface area (TPSA) is 34.2 Å². The lowest BCUT2D eigenvalue weighted by molar-refractivity contribution is 0.332. The fourth-order valence-corrected chi connectivity index (χ4v) is 14.5. The van der Waals surface area contributed by atoms with Crippen LogP contribution in [0.25, 0.3) is 72.3 Å². The molecule has 2 aromatic heterocycles. The van der Waals surface area contributed by atoms with E-state index in [1.54, 1.807) is 0 Å². The summed E-state index contributed by atoms with van der Waals surface area (Å²) in [6, 6.07) is 44.8. The maximum atomic E-state index is 6.88. The van der Waals surface area contributed by atoms with Crippen LogP contribution in [-0.2, 0) is 32.5 Å². The molecule has 0 saturated heterocycles. The fraction of sp³-hybridized carbons (Fsp3) is 0.348. The third-order valence-electron chi connectivity index (χ3n) is 18.8. The van der Waals surface area contributed by atoms with Crippen LogP contribution < -0.4 is 15.7 Å². The van der Waals surface area contributed by atoms with E-state index in [0.717, 1.165) is 42.3 Å². The van der Waals surface area contributed by atoms with Crippen molar-refractivity contribution in [3.63, 3.8) is 0 Å². The molecule has 4 nitrogen and oxygen atoms in total. The van der Waals surface area contributed by atoms with E-state index in [4.69, 9.17) is 9.40 Å². The van der Waals surface area contributed by atoms with E-state index in [0.29, 0.717) is 5.89 Å². The van der Waals surface area contributed by atoms with Crippen molar-refractivity contribution in [2.75, 3.05) is 4.81 Å². The summed E-state index contributed by atoms with van der Waals surface area (Å²) in [4.78, 5) is 8.09. The Balaban J connectivity index is 1.23. The molecule has 9 aromatic rings. The molecule has 5 heteroatoms. The van der Waals surface area contributed by atoms with Crippen LogP contribution in [0.2, 0.25) is 0 Å². The Hall–Kier alpha value is -6.33. The second-order valence-corrected chi connectivity index (χ2v) is 26.5. The van der Waals surface area contributed by atoms with E-state index in [2.05, 4.69) is 215 Å². The zero-order chi connectivity index (χ0) is 49.3. The summed E-state index contributed by atoms with van der Waals surface area (Å²) < 4.78 is 9.57. The SMILES string of the molecule is CC(C)(C)c1ccc(N2B3c4cc5nc(-c6ccccc6)oc5cc4-n4c5cc6c(cc5c5c7c(c(c3c54)-c3cc4c(cc32)C(C)(C)CCC4(C)C)C(C)(C)c2ccccc2-7)C(C)(C)CCC6(C)C)cc1. The molecule has 0 fully saturated rings. The fourth-order valence-electron chi connectivity index (χ4n) is 14.5. The van der Waals surface area contributed by atoms with Gasteiger partial charge in [0.25, 0.3) is 0 Å². The van der Waals surface area contributed by atoms with Gasteiger partial charge in [-0.15, -0.1) is 0 Å². The lowest BCUT2D eigenvalue weighted by Crippen LogP contribution is -2.61. The van der Waals surface area contributed by atoms with E-state index >= 15 is 0 Å². The summed E-state index contributed by atoms with van der Waals surface area (Å²) in [6.07, 6.45) is 4.63. The molecule has 0 unspecified atom stereocenters. The summed E-state index contributed by atoms with van der Waals surface area (Å²) >= 11 is 0. The third kappa shape index (κ3) is 5.67. The van der Waals surface area contributed by atoms with E-state index in [9.17, 15) is 0 Å². The van der Waals surface area contributed by atoms with Crippen LogP contribution in [0, 0.1) is 0 Å². The lowest BCUT2D eigenvalue weighted by atomic mass is 9.43. The van der Waals surface area contributed by atoms with Gasteiger partial charge < -0.3 is 13.8 Å². The van der Waals surface area contributed by atoms with Crippen molar-refractivity contribution in [1.82, 2.24) is 9.55 Å². The highest BCUT2D eigenvalue weighted by atomic mass is 16.3. The highest BCUT2D eigenvalue weighted by Gasteiger charge is 2.52. The van der Waals surface area contributed by atoms with Gasteiger partial charge in [-0.1, -0.05) is 145 Å². The molecule has 0 spiro atoms. The Kier molecular flexibility index (Phi) is 8.32. The van der Waals surface area contributed by atoms with Crippen molar-refractivity contribution in [3.8, 4) is 39.4 Å². The van der Waals surface area contributed by atoms with Crippen molar-refractivity contribution >= 4 is 62.1 Å². The maximum absolute atomic E-state index is 6.88. The first-order valence-electron chi connectivity index (χ1n) is 26.5. The molecule has 14 rings (SSSR count). The average Bonchev–Trinajstić information content (AvgIpc) is 3.98. The number of oxazole rings is 1. The molecule has 0 atom stereocenters. The van der Waals surface area contributed by atoms with E-state index in [1.807, 2.05) is 0 Å². The number of benzene rings is 7. The van der Waals surface area contributed by atoms with Crippen molar-refractivity contribution in [1.29, 1.82) is 0 Å². The van der Waals surface area contributed by atoms with Gasteiger partial charge in [0.05, 0.1) is 11.0 Å². The van der Waals surface area contributed by atoms with Crippen LogP contribution in [0.15, 0.2) is 120 Å². The van der Waals surface area contributed by atoms with Crippen LogP contribution in [0.4, 0.5) is 11.4 Å². The number of aromatic nitrogens is 2. The highest BCUT2D eigenvalue weighted by Crippen LogP contribution is 2.61. The smallest absolute Gasteiger partial charge is 0.333 e. The lowest BCUT2D eigenvalue weighted by Gasteiger charge is -2.47. The molecule has 354 valence electrons. The van der Waals surface area contributed by atoms with Crippen LogP contribution in [0.1, 0.15) is 155 Å². The minimum absolute atomic E-state index is 0.0155. The first-order valence-corrected chi connectivity index (χ1v) is 26.5. The van der Waals surface area contributed by atoms with Gasteiger partial charge in [0.15, 0.2) is 5.58 Å². The first kappa shape index (κ1) is 43.5. The van der Waals surface area contributed by atoms with Crippen LogP contribution in [0.3, 0.4) is 0 Å². The number of fused-ring (bicyclic) bond motifs is 16. The zero-order valence-corrected chi connectivity index (χ0v) is 44.1. The van der Waals surface area contributed by atoms with Gasteiger partial charge in [0.1, 0.15) is 5.52 Å². The quantitative estimate of drug-likeness (QED) is 0.162. The van der Waals surface area contributed by atoms with Gasteiger partial charge in [0, 0.05) is 50.4 Å². The van der Waals surface area contributed by atoms with Gasteiger partial charge >= 0.3 is 6.85 Å². The largest absolute Gasteiger partial charge is 0.436 e. The molecule has 0 N–H and O–H groups in total.